The third kappa shape index (κ3) is 1.11. The third-order valence-corrected chi connectivity index (χ3v) is 5.77. The van der Waals surface area contributed by atoms with Gasteiger partial charge >= 0.3 is 0 Å². The van der Waals surface area contributed by atoms with Crippen LogP contribution in [-0.2, 0) is 4.74 Å². The van der Waals surface area contributed by atoms with Gasteiger partial charge in [-0.2, -0.15) is 0 Å². The van der Waals surface area contributed by atoms with E-state index in [2.05, 4.69) is 39.8 Å². The summed E-state index contributed by atoms with van der Waals surface area (Å²) in [5.41, 5.74) is 0.608. The second kappa shape index (κ2) is 2.93. The van der Waals surface area contributed by atoms with Gasteiger partial charge in [-0.05, 0) is 45.4 Å². The van der Waals surface area contributed by atoms with Gasteiger partial charge in [-0.15, -0.1) is 0 Å². The van der Waals surface area contributed by atoms with Gasteiger partial charge in [0, 0.05) is 11.3 Å². The highest BCUT2D eigenvalue weighted by Crippen LogP contribution is 2.64. The van der Waals surface area contributed by atoms with Gasteiger partial charge in [0.05, 0.1) is 11.2 Å². The van der Waals surface area contributed by atoms with Crippen molar-refractivity contribution in [3.63, 3.8) is 0 Å². The molecule has 0 radical (unpaired) electrons. The van der Waals surface area contributed by atoms with Crippen molar-refractivity contribution in [2.24, 2.45) is 17.3 Å². The molecule has 0 aromatic carbocycles. The van der Waals surface area contributed by atoms with Crippen LogP contribution in [0.25, 0.3) is 0 Å². The summed E-state index contributed by atoms with van der Waals surface area (Å²) in [5, 5.41) is 0. The molecular formula is C15H24O. The summed E-state index contributed by atoms with van der Waals surface area (Å²) in [6, 6.07) is 0. The molecule has 90 valence electrons. The summed E-state index contributed by atoms with van der Waals surface area (Å²) >= 11 is 0. The van der Waals surface area contributed by atoms with Gasteiger partial charge in [0.2, 0.25) is 0 Å². The normalized spacial score (nSPS) is 53.8. The first-order valence-electron chi connectivity index (χ1n) is 6.77. The molecule has 0 aromatic rings. The summed E-state index contributed by atoms with van der Waals surface area (Å²) in [7, 11) is 0. The topological polar surface area (TPSA) is 9.23 Å². The average molecular weight is 220 g/mol. The second-order valence-corrected chi connectivity index (χ2v) is 7.02. The van der Waals surface area contributed by atoms with Gasteiger partial charge in [0.15, 0.2) is 0 Å². The SMILES string of the molecule is CC1C=CC[C@@]2(C)CCC3CC12OC3(C)C. The standard InChI is InChI=1S/C15H24O/c1-11-6-5-8-14(4)9-7-12-10-15(11,14)16-13(12,2)3/h5-6,11-12H,7-10H2,1-4H3/t11?,12?,14-,15?/m0/s1. The Hall–Kier alpha value is -0.300. The first-order valence-corrected chi connectivity index (χ1v) is 6.77. The van der Waals surface area contributed by atoms with Crippen LogP contribution in [0.5, 0.6) is 0 Å². The molecule has 1 nitrogen and oxygen atoms in total. The smallest absolute Gasteiger partial charge is 0.0809 e. The highest BCUT2D eigenvalue weighted by atomic mass is 16.5. The predicted molar refractivity (Wildman–Crippen MR) is 66.3 cm³/mol. The Morgan fingerprint density at radius 1 is 1.25 bits per heavy atom. The van der Waals surface area contributed by atoms with Crippen molar-refractivity contribution in [2.45, 2.75) is 64.6 Å². The number of rotatable bonds is 0. The number of allylic oxidation sites excluding steroid dienone is 1. The molecule has 2 aliphatic carbocycles. The zero-order valence-corrected chi connectivity index (χ0v) is 11.0. The molecule has 1 aliphatic heterocycles. The summed E-state index contributed by atoms with van der Waals surface area (Å²) in [4.78, 5) is 0. The minimum absolute atomic E-state index is 0.0944. The first-order chi connectivity index (χ1) is 7.40. The molecule has 3 unspecified atom stereocenters. The maximum Gasteiger partial charge on any atom is 0.0809 e. The number of fused-ring (bicyclic) bond motifs is 1. The minimum Gasteiger partial charge on any atom is -0.368 e. The highest BCUT2D eigenvalue weighted by Gasteiger charge is 2.64. The Balaban J connectivity index is 2.09. The molecule has 1 saturated carbocycles. The fourth-order valence-electron chi connectivity index (χ4n) is 4.52. The van der Waals surface area contributed by atoms with E-state index in [1.807, 2.05) is 0 Å². The van der Waals surface area contributed by atoms with Gasteiger partial charge in [-0.25, -0.2) is 0 Å². The summed E-state index contributed by atoms with van der Waals surface area (Å²) in [6.45, 7) is 9.38. The fourth-order valence-corrected chi connectivity index (χ4v) is 4.52. The van der Waals surface area contributed by atoms with Gasteiger partial charge in [-0.3, -0.25) is 0 Å². The molecule has 16 heavy (non-hydrogen) atoms. The molecule has 3 rings (SSSR count). The van der Waals surface area contributed by atoms with Gasteiger partial charge < -0.3 is 4.74 Å². The quantitative estimate of drug-likeness (QED) is 0.562. The van der Waals surface area contributed by atoms with E-state index in [-0.39, 0.29) is 11.2 Å². The predicted octanol–water partition coefficient (Wildman–Crippen LogP) is 3.94. The van der Waals surface area contributed by atoms with Crippen molar-refractivity contribution in [3.8, 4) is 0 Å². The lowest BCUT2D eigenvalue weighted by Gasteiger charge is -2.53. The van der Waals surface area contributed by atoms with Gasteiger partial charge in [-0.1, -0.05) is 26.0 Å². The third-order valence-electron chi connectivity index (χ3n) is 5.77. The van der Waals surface area contributed by atoms with E-state index < -0.39 is 0 Å². The summed E-state index contributed by atoms with van der Waals surface area (Å²) in [5.74, 6) is 1.35. The lowest BCUT2D eigenvalue weighted by atomic mass is 9.54. The van der Waals surface area contributed by atoms with E-state index in [9.17, 15) is 0 Å². The van der Waals surface area contributed by atoms with Crippen LogP contribution in [0.15, 0.2) is 12.2 Å². The van der Waals surface area contributed by atoms with Crippen molar-refractivity contribution in [1.82, 2.24) is 0 Å². The average Bonchev–Trinajstić information content (AvgIpc) is 2.42. The lowest BCUT2D eigenvalue weighted by Crippen LogP contribution is -2.53. The van der Waals surface area contributed by atoms with Crippen LogP contribution in [-0.4, -0.2) is 11.2 Å². The summed E-state index contributed by atoms with van der Waals surface area (Å²) in [6.07, 6.45) is 9.94. The molecule has 2 fully saturated rings. The van der Waals surface area contributed by atoms with E-state index in [0.29, 0.717) is 11.3 Å². The number of hydrogen-bond donors (Lipinski definition) is 0. The van der Waals surface area contributed by atoms with Crippen LogP contribution in [0.2, 0.25) is 0 Å². The van der Waals surface area contributed by atoms with Crippen molar-refractivity contribution in [3.05, 3.63) is 12.2 Å². The molecule has 4 atom stereocenters. The highest BCUT2D eigenvalue weighted by molar-refractivity contribution is 5.20. The molecule has 0 aromatic heterocycles. The second-order valence-electron chi connectivity index (χ2n) is 7.02. The van der Waals surface area contributed by atoms with Crippen LogP contribution in [0.4, 0.5) is 0 Å². The molecule has 1 spiro atoms. The lowest BCUT2D eigenvalue weighted by molar-refractivity contribution is -0.170. The summed E-state index contributed by atoms with van der Waals surface area (Å²) < 4.78 is 6.63. The Morgan fingerprint density at radius 3 is 2.75 bits per heavy atom. The van der Waals surface area contributed by atoms with E-state index in [1.54, 1.807) is 0 Å². The maximum absolute atomic E-state index is 6.63. The number of hydrogen-bond acceptors (Lipinski definition) is 1. The van der Waals surface area contributed by atoms with Gasteiger partial charge in [0.1, 0.15) is 0 Å². The Labute approximate surface area is 99.3 Å². The Bertz CT molecular complexity index is 343. The van der Waals surface area contributed by atoms with E-state index in [0.717, 1.165) is 5.92 Å². The van der Waals surface area contributed by atoms with Crippen LogP contribution in [0, 0.1) is 17.3 Å². The van der Waals surface area contributed by atoms with Crippen molar-refractivity contribution in [1.29, 1.82) is 0 Å². The molecule has 1 heteroatoms. The molecule has 1 saturated heterocycles. The minimum atomic E-state index is 0.0944. The number of ether oxygens (including phenoxy) is 1. The molecular weight excluding hydrogens is 196 g/mol. The molecule has 2 bridgehead atoms. The van der Waals surface area contributed by atoms with Crippen molar-refractivity contribution < 1.29 is 4.74 Å². The van der Waals surface area contributed by atoms with Crippen LogP contribution in [0.1, 0.15) is 53.4 Å². The Kier molecular flexibility index (Phi) is 1.98. The van der Waals surface area contributed by atoms with Crippen LogP contribution >= 0.6 is 0 Å². The molecule has 1 heterocycles. The van der Waals surface area contributed by atoms with E-state index in [1.165, 1.54) is 25.7 Å². The molecule has 0 N–H and O–H groups in total. The van der Waals surface area contributed by atoms with Crippen LogP contribution < -0.4 is 0 Å². The maximum atomic E-state index is 6.63. The Morgan fingerprint density at radius 2 is 2.00 bits per heavy atom. The van der Waals surface area contributed by atoms with E-state index >= 15 is 0 Å². The zero-order valence-electron chi connectivity index (χ0n) is 11.0. The molecule has 0 amide bonds. The fraction of sp³-hybridized carbons (Fsp3) is 0.867. The van der Waals surface area contributed by atoms with Crippen molar-refractivity contribution in [2.75, 3.05) is 0 Å². The van der Waals surface area contributed by atoms with Crippen LogP contribution in [0.3, 0.4) is 0 Å². The van der Waals surface area contributed by atoms with Gasteiger partial charge in [0.25, 0.3) is 0 Å². The molecule has 3 aliphatic rings. The van der Waals surface area contributed by atoms with E-state index in [4.69, 9.17) is 4.74 Å². The zero-order chi connectivity index (χ0) is 11.6. The first kappa shape index (κ1) is 10.8. The monoisotopic (exact) mass is 220 g/mol. The largest absolute Gasteiger partial charge is 0.368 e. The van der Waals surface area contributed by atoms with Crippen molar-refractivity contribution >= 4 is 0 Å².